The third-order valence-electron chi connectivity index (χ3n) is 4.45. The molecule has 1 aliphatic heterocycles. The minimum atomic E-state index is -1.01. The molecule has 0 saturated heterocycles. The van der Waals surface area contributed by atoms with Crippen LogP contribution < -0.4 is 5.32 Å². The van der Waals surface area contributed by atoms with Gasteiger partial charge in [-0.2, -0.15) is 5.10 Å². The fourth-order valence-electron chi connectivity index (χ4n) is 3.19. The number of benzene rings is 1. The van der Waals surface area contributed by atoms with Crippen LogP contribution >= 0.6 is 0 Å². The van der Waals surface area contributed by atoms with Gasteiger partial charge in [0.2, 0.25) is 0 Å². The van der Waals surface area contributed by atoms with Crippen LogP contribution in [0, 0.1) is 0 Å². The highest BCUT2D eigenvalue weighted by atomic mass is 16.4. The summed E-state index contributed by atoms with van der Waals surface area (Å²) in [6.45, 7) is 1.43. The Hall–Kier alpha value is -2.83. The number of carboxylic acids is 1. The Labute approximate surface area is 146 Å². The lowest BCUT2D eigenvalue weighted by atomic mass is 10.1. The highest BCUT2D eigenvalue weighted by Gasteiger charge is 2.28. The highest BCUT2D eigenvalue weighted by Crippen LogP contribution is 2.22. The maximum atomic E-state index is 12.3. The van der Waals surface area contributed by atoms with E-state index in [1.807, 2.05) is 18.2 Å². The van der Waals surface area contributed by atoms with Gasteiger partial charge in [0.1, 0.15) is 0 Å². The summed E-state index contributed by atoms with van der Waals surface area (Å²) in [6.07, 6.45) is 2.35. The van der Waals surface area contributed by atoms with Gasteiger partial charge in [0.05, 0.1) is 12.2 Å². The lowest BCUT2D eigenvalue weighted by molar-refractivity contribution is 0.0682. The Bertz CT molecular complexity index is 770. The molecule has 2 heterocycles. The zero-order valence-corrected chi connectivity index (χ0v) is 14.2. The van der Waals surface area contributed by atoms with Crippen LogP contribution in [0.15, 0.2) is 30.3 Å². The summed E-state index contributed by atoms with van der Waals surface area (Å²) >= 11 is 0. The number of nitrogens with one attached hydrogen (secondary N) is 1. The van der Waals surface area contributed by atoms with E-state index in [-0.39, 0.29) is 18.3 Å². The number of nitrogens with zero attached hydrogens (tertiary/aromatic N) is 3. The maximum absolute atomic E-state index is 12.3. The van der Waals surface area contributed by atoms with E-state index in [9.17, 15) is 14.7 Å². The van der Waals surface area contributed by atoms with Gasteiger partial charge in [-0.3, -0.25) is 4.68 Å². The minimum Gasteiger partial charge on any atom is -0.477 e. The van der Waals surface area contributed by atoms with Gasteiger partial charge < -0.3 is 15.3 Å². The number of hydrogen-bond acceptors (Lipinski definition) is 3. The van der Waals surface area contributed by atoms with Crippen molar-refractivity contribution in [3.63, 3.8) is 0 Å². The Balaban J connectivity index is 1.53. The van der Waals surface area contributed by atoms with Gasteiger partial charge in [-0.05, 0) is 18.4 Å². The molecule has 0 radical (unpaired) electrons. The van der Waals surface area contributed by atoms with Gasteiger partial charge in [-0.15, -0.1) is 0 Å². The van der Waals surface area contributed by atoms with Crippen molar-refractivity contribution in [2.45, 2.75) is 25.8 Å². The monoisotopic (exact) mass is 342 g/mol. The van der Waals surface area contributed by atoms with Crippen LogP contribution in [0.25, 0.3) is 0 Å². The van der Waals surface area contributed by atoms with Gasteiger partial charge in [0.15, 0.2) is 5.69 Å². The van der Waals surface area contributed by atoms with E-state index in [0.717, 1.165) is 18.5 Å². The number of aryl methyl sites for hydroxylation is 2. The number of aromatic carboxylic acids is 1. The molecule has 2 aromatic rings. The standard InChI is InChI=1S/C18H22N4O3/c1-21-16(17(23)24)14-12-22(11-9-15(14)20-21)18(25)19-10-5-8-13-6-3-2-4-7-13/h2-4,6-7H,5,8-12H2,1H3,(H,19,25)(H,23,24). The molecule has 0 saturated carbocycles. The number of carbonyl (C=O) groups is 2. The Morgan fingerprint density at radius 3 is 2.76 bits per heavy atom. The first-order valence-electron chi connectivity index (χ1n) is 8.41. The van der Waals surface area contributed by atoms with E-state index in [1.54, 1.807) is 11.9 Å². The zero-order chi connectivity index (χ0) is 17.8. The quantitative estimate of drug-likeness (QED) is 0.812. The second kappa shape index (κ2) is 7.38. The average Bonchev–Trinajstić information content (AvgIpc) is 2.94. The Morgan fingerprint density at radius 1 is 1.28 bits per heavy atom. The van der Waals surface area contributed by atoms with Crippen molar-refractivity contribution in [1.29, 1.82) is 0 Å². The van der Waals surface area contributed by atoms with Crippen LogP contribution in [0.4, 0.5) is 4.79 Å². The van der Waals surface area contributed by atoms with E-state index in [2.05, 4.69) is 22.5 Å². The SMILES string of the molecule is Cn1nc2c(c1C(=O)O)CN(C(=O)NCCCc1ccccc1)CC2. The molecule has 1 aromatic carbocycles. The summed E-state index contributed by atoms with van der Waals surface area (Å²) in [4.78, 5) is 25.4. The van der Waals surface area contributed by atoms with E-state index in [0.29, 0.717) is 25.1 Å². The summed E-state index contributed by atoms with van der Waals surface area (Å²) in [5.41, 5.74) is 2.83. The molecule has 0 bridgehead atoms. The lowest BCUT2D eigenvalue weighted by Gasteiger charge is -2.26. The number of carboxylic acid groups (broad SMARTS) is 1. The fraction of sp³-hybridized carbons (Fsp3) is 0.389. The van der Waals surface area contributed by atoms with Crippen molar-refractivity contribution in [3.8, 4) is 0 Å². The first-order chi connectivity index (χ1) is 12.1. The summed E-state index contributed by atoms with van der Waals surface area (Å²) in [5.74, 6) is -1.01. The largest absolute Gasteiger partial charge is 0.477 e. The van der Waals surface area contributed by atoms with Gasteiger partial charge in [0.25, 0.3) is 0 Å². The molecule has 2 N–H and O–H groups in total. The normalized spacial score (nSPS) is 13.4. The molecule has 0 atom stereocenters. The van der Waals surface area contributed by atoms with Gasteiger partial charge in [-0.25, -0.2) is 9.59 Å². The summed E-state index contributed by atoms with van der Waals surface area (Å²) in [6, 6.07) is 9.99. The molecular weight excluding hydrogens is 320 g/mol. The first-order valence-corrected chi connectivity index (χ1v) is 8.41. The molecule has 7 nitrogen and oxygen atoms in total. The molecule has 0 unspecified atom stereocenters. The maximum Gasteiger partial charge on any atom is 0.354 e. The van der Waals surface area contributed by atoms with Crippen molar-refractivity contribution < 1.29 is 14.7 Å². The molecule has 2 amide bonds. The number of hydrogen-bond donors (Lipinski definition) is 2. The van der Waals surface area contributed by atoms with Crippen molar-refractivity contribution in [2.24, 2.45) is 7.05 Å². The van der Waals surface area contributed by atoms with E-state index in [1.165, 1.54) is 10.2 Å². The highest BCUT2D eigenvalue weighted by molar-refractivity contribution is 5.88. The number of amides is 2. The van der Waals surface area contributed by atoms with Crippen LogP contribution in [0.5, 0.6) is 0 Å². The number of aromatic nitrogens is 2. The van der Waals surface area contributed by atoms with Crippen LogP contribution in [0.3, 0.4) is 0 Å². The van der Waals surface area contributed by atoms with E-state index in [4.69, 9.17) is 0 Å². The Kier molecular flexibility index (Phi) is 5.02. The smallest absolute Gasteiger partial charge is 0.354 e. The van der Waals surface area contributed by atoms with Crippen LogP contribution in [-0.2, 0) is 26.4 Å². The van der Waals surface area contributed by atoms with Gasteiger partial charge >= 0.3 is 12.0 Å². The van der Waals surface area contributed by atoms with Crippen molar-refractivity contribution in [2.75, 3.05) is 13.1 Å². The molecule has 1 aromatic heterocycles. The molecule has 132 valence electrons. The van der Waals surface area contributed by atoms with Crippen LogP contribution in [0.2, 0.25) is 0 Å². The van der Waals surface area contributed by atoms with Crippen LogP contribution in [0.1, 0.15) is 33.7 Å². The second-order valence-corrected chi connectivity index (χ2v) is 6.20. The molecule has 0 aliphatic carbocycles. The van der Waals surface area contributed by atoms with Crippen molar-refractivity contribution in [1.82, 2.24) is 20.0 Å². The Morgan fingerprint density at radius 2 is 2.04 bits per heavy atom. The zero-order valence-electron chi connectivity index (χ0n) is 14.2. The van der Waals surface area contributed by atoms with Crippen molar-refractivity contribution >= 4 is 12.0 Å². The minimum absolute atomic E-state index is 0.154. The summed E-state index contributed by atoms with van der Waals surface area (Å²) in [5, 5.41) is 16.5. The molecule has 0 spiro atoms. The predicted molar refractivity (Wildman–Crippen MR) is 92.4 cm³/mol. The topological polar surface area (TPSA) is 87.5 Å². The number of fused-ring (bicyclic) bond motifs is 1. The number of carbonyl (C=O) groups excluding carboxylic acids is 1. The van der Waals surface area contributed by atoms with Gasteiger partial charge in [-0.1, -0.05) is 30.3 Å². The molecule has 25 heavy (non-hydrogen) atoms. The molecule has 0 fully saturated rings. The second-order valence-electron chi connectivity index (χ2n) is 6.20. The van der Waals surface area contributed by atoms with Gasteiger partial charge in [0, 0.05) is 32.1 Å². The molecule has 1 aliphatic rings. The number of urea groups is 1. The third-order valence-corrected chi connectivity index (χ3v) is 4.45. The fourth-order valence-corrected chi connectivity index (χ4v) is 3.19. The predicted octanol–water partition coefficient (Wildman–Crippen LogP) is 1.82. The van der Waals surface area contributed by atoms with Crippen molar-refractivity contribution in [3.05, 3.63) is 52.8 Å². The third kappa shape index (κ3) is 3.81. The van der Waals surface area contributed by atoms with Crippen LogP contribution in [-0.4, -0.2) is 44.9 Å². The summed E-state index contributed by atoms with van der Waals surface area (Å²) in [7, 11) is 1.62. The summed E-state index contributed by atoms with van der Waals surface area (Å²) < 4.78 is 1.38. The van der Waals surface area contributed by atoms with E-state index < -0.39 is 5.97 Å². The average molecular weight is 342 g/mol. The lowest BCUT2D eigenvalue weighted by Crippen LogP contribution is -2.43. The first kappa shape index (κ1) is 17.0. The molecular formula is C18H22N4O3. The molecule has 3 rings (SSSR count). The number of rotatable bonds is 5. The van der Waals surface area contributed by atoms with E-state index >= 15 is 0 Å². The molecule has 7 heteroatoms.